The number of phosphoric ester groups is 1. The van der Waals surface area contributed by atoms with Crippen molar-refractivity contribution >= 4 is 13.7 Å². The number of nitrogens with zero attached hydrogens (tertiary/aromatic N) is 1. The van der Waals surface area contributed by atoms with Gasteiger partial charge in [-0.05, 0) is 19.3 Å². The Bertz CT molecular complexity index is 624. The van der Waals surface area contributed by atoms with Crippen molar-refractivity contribution < 1.29 is 32.9 Å². The predicted molar refractivity (Wildman–Crippen MR) is 148 cm³/mol. The number of aliphatic hydroxyl groups excluding tert-OH is 1. The first-order valence-electron chi connectivity index (χ1n) is 14.1. The van der Waals surface area contributed by atoms with Crippen LogP contribution in [0.3, 0.4) is 0 Å². The topological polar surface area (TPSA) is 105 Å². The summed E-state index contributed by atoms with van der Waals surface area (Å²) in [7, 11) is 1.56. The van der Waals surface area contributed by atoms with E-state index in [4.69, 9.17) is 9.05 Å². The molecule has 36 heavy (non-hydrogen) atoms. The number of hydrogen-bond donors (Lipinski definition) is 3. The molecule has 9 heteroatoms. The summed E-state index contributed by atoms with van der Waals surface area (Å²) in [5.74, 6) is -0.234. The number of quaternary nitrogens is 1. The lowest BCUT2D eigenvalue weighted by Gasteiger charge is -2.25. The van der Waals surface area contributed by atoms with Crippen LogP contribution in [0.1, 0.15) is 104 Å². The molecule has 0 bridgehead atoms. The highest BCUT2D eigenvalue weighted by Gasteiger charge is 2.27. The normalized spacial score (nSPS) is 15.6. The number of likely N-dealkylation sites (N-methyl/N-ethyl adjacent to an activating group) is 1. The summed E-state index contributed by atoms with van der Waals surface area (Å²) in [5.41, 5.74) is 0. The van der Waals surface area contributed by atoms with Crippen LogP contribution in [0.25, 0.3) is 0 Å². The second-order valence-electron chi connectivity index (χ2n) is 10.8. The van der Waals surface area contributed by atoms with E-state index >= 15 is 0 Å². The van der Waals surface area contributed by atoms with Crippen molar-refractivity contribution in [3.05, 3.63) is 12.2 Å². The maximum atomic E-state index is 12.2. The number of unbranched alkanes of at least 4 members (excludes halogenated alkanes) is 11. The molecule has 1 amide bonds. The van der Waals surface area contributed by atoms with Crippen LogP contribution in [0.4, 0.5) is 0 Å². The molecule has 0 radical (unpaired) electrons. The first-order valence-corrected chi connectivity index (χ1v) is 15.6. The highest BCUT2D eigenvalue weighted by atomic mass is 31.2. The quantitative estimate of drug-likeness (QED) is 0.0631. The van der Waals surface area contributed by atoms with Crippen molar-refractivity contribution in [3.8, 4) is 0 Å². The zero-order valence-corrected chi connectivity index (χ0v) is 24.6. The van der Waals surface area contributed by atoms with Crippen molar-refractivity contribution in [2.24, 2.45) is 0 Å². The molecule has 0 rings (SSSR count). The molecule has 8 nitrogen and oxygen atoms in total. The molecular weight excluding hydrogens is 479 g/mol. The minimum atomic E-state index is -4.29. The third-order valence-electron chi connectivity index (χ3n) is 5.98. The van der Waals surface area contributed by atoms with Gasteiger partial charge >= 0.3 is 7.82 Å². The molecule has 0 aromatic heterocycles. The van der Waals surface area contributed by atoms with Crippen molar-refractivity contribution in [2.75, 3.05) is 40.9 Å². The van der Waals surface area contributed by atoms with Gasteiger partial charge in [0.15, 0.2) is 0 Å². The number of phosphoric acid groups is 1. The van der Waals surface area contributed by atoms with E-state index in [-0.39, 0.29) is 19.1 Å². The van der Waals surface area contributed by atoms with E-state index in [1.807, 2.05) is 34.1 Å². The second-order valence-corrected chi connectivity index (χ2v) is 12.2. The third-order valence-corrected chi connectivity index (χ3v) is 6.96. The second kappa shape index (κ2) is 21.2. The number of carbonyl (C=O) groups excluding carboxylic acids is 1. The fourth-order valence-electron chi connectivity index (χ4n) is 3.67. The Kier molecular flexibility index (Phi) is 20.8. The van der Waals surface area contributed by atoms with Gasteiger partial charge < -0.3 is 19.8 Å². The minimum Gasteiger partial charge on any atom is -0.387 e. The van der Waals surface area contributed by atoms with Gasteiger partial charge in [0.05, 0.1) is 39.9 Å². The first kappa shape index (κ1) is 35.2. The van der Waals surface area contributed by atoms with E-state index in [0.29, 0.717) is 23.9 Å². The molecule has 3 atom stereocenters. The molecule has 0 saturated carbocycles. The number of hydrogen-bond acceptors (Lipinski definition) is 5. The number of allylic oxidation sites excluding steroid dienone is 1. The van der Waals surface area contributed by atoms with Crippen LogP contribution >= 0.6 is 7.82 Å². The van der Waals surface area contributed by atoms with E-state index in [1.54, 1.807) is 6.08 Å². The smallest absolute Gasteiger partial charge is 0.387 e. The lowest BCUT2D eigenvalue weighted by molar-refractivity contribution is -0.870. The standard InChI is InChI=1S/C27H55N2O6P/c1-6-8-9-10-11-12-13-14-15-16-17-18-19-21-26(30)25(28-27(31)20-7-2)24-35-36(32,33)34-23-22-29(3,4)5/h19,21,25-26,30H,6-18,20,22-24H2,1-5H3,(H-,28,31,32,33)/p+1/b21-19+. The Morgan fingerprint density at radius 1 is 0.917 bits per heavy atom. The van der Waals surface area contributed by atoms with Gasteiger partial charge in [-0.15, -0.1) is 0 Å². The van der Waals surface area contributed by atoms with E-state index in [2.05, 4.69) is 12.2 Å². The van der Waals surface area contributed by atoms with Crippen molar-refractivity contribution in [2.45, 2.75) is 116 Å². The molecular formula is C27H56N2O6P+. The Morgan fingerprint density at radius 2 is 1.47 bits per heavy atom. The first-order chi connectivity index (χ1) is 17.0. The Hall–Kier alpha value is -0.760. The highest BCUT2D eigenvalue weighted by Crippen LogP contribution is 2.43. The Morgan fingerprint density at radius 3 is 2.00 bits per heavy atom. The number of rotatable bonds is 24. The summed E-state index contributed by atoms with van der Waals surface area (Å²) in [6, 6.07) is -0.833. The maximum Gasteiger partial charge on any atom is 0.472 e. The van der Waals surface area contributed by atoms with Gasteiger partial charge in [0.1, 0.15) is 13.2 Å². The predicted octanol–water partition coefficient (Wildman–Crippen LogP) is 5.73. The monoisotopic (exact) mass is 535 g/mol. The van der Waals surface area contributed by atoms with E-state index in [0.717, 1.165) is 19.3 Å². The van der Waals surface area contributed by atoms with Gasteiger partial charge in [-0.1, -0.05) is 90.2 Å². The molecule has 0 heterocycles. The number of amides is 1. The van der Waals surface area contributed by atoms with Gasteiger partial charge in [0, 0.05) is 6.42 Å². The number of nitrogens with one attached hydrogen (secondary N) is 1. The average Bonchev–Trinajstić information content (AvgIpc) is 2.78. The molecule has 0 aliphatic heterocycles. The highest BCUT2D eigenvalue weighted by molar-refractivity contribution is 7.47. The number of aliphatic hydroxyl groups is 1. The molecule has 214 valence electrons. The van der Waals surface area contributed by atoms with Crippen molar-refractivity contribution in [1.29, 1.82) is 0 Å². The Labute approximate surface area is 221 Å². The van der Waals surface area contributed by atoms with Crippen LogP contribution in [-0.4, -0.2) is 73.4 Å². The molecule has 0 aromatic carbocycles. The molecule has 0 fully saturated rings. The van der Waals surface area contributed by atoms with Crippen LogP contribution in [0.5, 0.6) is 0 Å². The summed E-state index contributed by atoms with van der Waals surface area (Å²) in [4.78, 5) is 22.1. The van der Waals surface area contributed by atoms with Gasteiger partial charge in [0.2, 0.25) is 5.91 Å². The summed E-state index contributed by atoms with van der Waals surface area (Å²) >= 11 is 0. The SMILES string of the molecule is CCCCCCCCCCCCC/C=C/C(O)C(COP(=O)(O)OCC[N+](C)(C)C)NC(=O)CCC. The summed E-state index contributed by atoms with van der Waals surface area (Å²) in [6.07, 6.45) is 18.5. The number of carbonyl (C=O) groups is 1. The molecule has 0 saturated heterocycles. The van der Waals surface area contributed by atoms with E-state index < -0.39 is 20.0 Å². The Balaban J connectivity index is 4.36. The van der Waals surface area contributed by atoms with Crippen LogP contribution in [0.15, 0.2) is 12.2 Å². The third kappa shape index (κ3) is 22.4. The lowest BCUT2D eigenvalue weighted by atomic mass is 10.0. The molecule has 0 aliphatic rings. The van der Waals surface area contributed by atoms with Crippen LogP contribution in [0, 0.1) is 0 Å². The van der Waals surface area contributed by atoms with Crippen LogP contribution in [0.2, 0.25) is 0 Å². The fourth-order valence-corrected chi connectivity index (χ4v) is 4.41. The molecule has 3 unspecified atom stereocenters. The van der Waals surface area contributed by atoms with Crippen molar-refractivity contribution in [3.63, 3.8) is 0 Å². The van der Waals surface area contributed by atoms with Crippen LogP contribution in [-0.2, 0) is 18.4 Å². The summed E-state index contributed by atoms with van der Waals surface area (Å²) in [5, 5.41) is 13.3. The molecule has 0 aromatic rings. The van der Waals surface area contributed by atoms with Gasteiger partial charge in [-0.3, -0.25) is 13.8 Å². The largest absolute Gasteiger partial charge is 0.472 e. The summed E-state index contributed by atoms with van der Waals surface area (Å²) in [6.45, 7) is 4.41. The summed E-state index contributed by atoms with van der Waals surface area (Å²) < 4.78 is 22.9. The average molecular weight is 536 g/mol. The zero-order valence-electron chi connectivity index (χ0n) is 23.8. The van der Waals surface area contributed by atoms with Crippen molar-refractivity contribution in [1.82, 2.24) is 5.32 Å². The molecule has 3 N–H and O–H groups in total. The maximum absolute atomic E-state index is 12.2. The van der Waals surface area contributed by atoms with Gasteiger partial charge in [-0.25, -0.2) is 4.57 Å². The molecule has 0 spiro atoms. The van der Waals surface area contributed by atoms with Crippen LogP contribution < -0.4 is 5.32 Å². The van der Waals surface area contributed by atoms with Gasteiger partial charge in [0.25, 0.3) is 0 Å². The molecule has 0 aliphatic carbocycles. The van der Waals surface area contributed by atoms with Gasteiger partial charge in [-0.2, -0.15) is 0 Å². The fraction of sp³-hybridized carbons (Fsp3) is 0.889. The van der Waals surface area contributed by atoms with E-state index in [1.165, 1.54) is 57.8 Å². The minimum absolute atomic E-state index is 0.0611. The lowest BCUT2D eigenvalue weighted by Crippen LogP contribution is -2.45. The zero-order chi connectivity index (χ0) is 27.3. The van der Waals surface area contributed by atoms with E-state index in [9.17, 15) is 19.4 Å².